The Bertz CT molecular complexity index is 1070. The third-order valence-corrected chi connectivity index (χ3v) is 4.85. The van der Waals surface area contributed by atoms with Gasteiger partial charge in [0, 0.05) is 18.6 Å². The largest absolute Gasteiger partial charge is 0.489 e. The van der Waals surface area contributed by atoms with Gasteiger partial charge >= 0.3 is 5.63 Å². The standard InChI is InChI=1S/C21H22O6/c1-12(2)8-13-10-21(3,23)18(26-13)11-25-20-14-4-5-19(22)27-17(14)9-16-15(20)6-7-24-16/h4-9,13,18,23H,10-11H2,1-3H3. The quantitative estimate of drug-likeness (QED) is 0.556. The Kier molecular flexibility index (Phi) is 4.32. The topological polar surface area (TPSA) is 82.0 Å². The van der Waals surface area contributed by atoms with Crippen LogP contribution < -0.4 is 10.4 Å². The number of ether oxygens (including phenoxy) is 2. The number of allylic oxidation sites excluding steroid dienone is 1. The summed E-state index contributed by atoms with van der Waals surface area (Å²) in [4.78, 5) is 11.5. The molecule has 0 saturated carbocycles. The van der Waals surface area contributed by atoms with Gasteiger partial charge in [-0.25, -0.2) is 4.79 Å². The van der Waals surface area contributed by atoms with E-state index in [1.165, 1.54) is 6.07 Å². The Labute approximate surface area is 156 Å². The van der Waals surface area contributed by atoms with Gasteiger partial charge in [0.2, 0.25) is 0 Å². The predicted molar refractivity (Wildman–Crippen MR) is 101 cm³/mol. The molecule has 3 atom stereocenters. The smallest absolute Gasteiger partial charge is 0.336 e. The van der Waals surface area contributed by atoms with Crippen LogP contribution in [0.15, 0.2) is 55.8 Å². The molecule has 142 valence electrons. The molecular formula is C21H22O6. The number of fused-ring (bicyclic) bond motifs is 2. The van der Waals surface area contributed by atoms with Crippen LogP contribution in [-0.2, 0) is 4.74 Å². The van der Waals surface area contributed by atoms with E-state index in [2.05, 4.69) is 0 Å². The maximum Gasteiger partial charge on any atom is 0.336 e. The number of hydrogen-bond acceptors (Lipinski definition) is 6. The summed E-state index contributed by atoms with van der Waals surface area (Å²) < 4.78 is 22.8. The molecule has 0 amide bonds. The van der Waals surface area contributed by atoms with E-state index in [9.17, 15) is 9.90 Å². The molecule has 1 fully saturated rings. The minimum Gasteiger partial charge on any atom is -0.489 e. The molecule has 0 aliphatic carbocycles. The molecule has 0 bridgehead atoms. The van der Waals surface area contributed by atoms with Crippen molar-refractivity contribution in [1.29, 1.82) is 0 Å². The highest BCUT2D eigenvalue weighted by Crippen LogP contribution is 2.37. The molecule has 1 saturated heterocycles. The van der Waals surface area contributed by atoms with Gasteiger partial charge < -0.3 is 23.4 Å². The summed E-state index contributed by atoms with van der Waals surface area (Å²) in [7, 11) is 0. The molecular weight excluding hydrogens is 348 g/mol. The van der Waals surface area contributed by atoms with Crippen LogP contribution in [0.1, 0.15) is 27.2 Å². The maximum atomic E-state index is 11.5. The molecule has 3 aromatic rings. The van der Waals surface area contributed by atoms with Gasteiger partial charge in [0.15, 0.2) is 0 Å². The van der Waals surface area contributed by atoms with Crippen molar-refractivity contribution >= 4 is 21.9 Å². The zero-order valence-corrected chi connectivity index (χ0v) is 15.5. The summed E-state index contributed by atoms with van der Waals surface area (Å²) in [6.07, 6.45) is 3.46. The van der Waals surface area contributed by atoms with Crippen LogP contribution in [0.5, 0.6) is 5.75 Å². The summed E-state index contributed by atoms with van der Waals surface area (Å²) in [6.45, 7) is 5.93. The summed E-state index contributed by atoms with van der Waals surface area (Å²) in [6, 6.07) is 6.50. The Balaban J connectivity index is 1.66. The Morgan fingerprint density at radius 3 is 2.85 bits per heavy atom. The lowest BCUT2D eigenvalue weighted by Gasteiger charge is -2.24. The number of benzene rings is 1. The normalized spacial score (nSPS) is 25.2. The predicted octanol–water partition coefficient (Wildman–Crippen LogP) is 3.79. The lowest BCUT2D eigenvalue weighted by molar-refractivity contribution is -0.0517. The van der Waals surface area contributed by atoms with Gasteiger partial charge in [-0.05, 0) is 32.9 Å². The summed E-state index contributed by atoms with van der Waals surface area (Å²) in [5.41, 5.74) is 0.658. The first-order chi connectivity index (χ1) is 12.8. The Hall–Kier alpha value is -2.57. The fourth-order valence-corrected chi connectivity index (χ4v) is 3.56. The van der Waals surface area contributed by atoms with Gasteiger partial charge in [-0.15, -0.1) is 0 Å². The van der Waals surface area contributed by atoms with Gasteiger partial charge in [-0.3, -0.25) is 0 Å². The van der Waals surface area contributed by atoms with Gasteiger partial charge in [0.25, 0.3) is 0 Å². The zero-order chi connectivity index (χ0) is 19.2. The van der Waals surface area contributed by atoms with Gasteiger partial charge in [0.05, 0.1) is 28.7 Å². The first-order valence-electron chi connectivity index (χ1n) is 8.93. The minimum absolute atomic E-state index is 0.141. The van der Waals surface area contributed by atoms with E-state index in [-0.39, 0.29) is 12.7 Å². The number of hydrogen-bond donors (Lipinski definition) is 1. The first-order valence-corrected chi connectivity index (χ1v) is 8.93. The van der Waals surface area contributed by atoms with Crippen molar-refractivity contribution in [3.63, 3.8) is 0 Å². The van der Waals surface area contributed by atoms with Crippen molar-refractivity contribution in [3.05, 3.63) is 52.6 Å². The Morgan fingerprint density at radius 1 is 1.30 bits per heavy atom. The fraction of sp³-hybridized carbons (Fsp3) is 0.381. The molecule has 6 nitrogen and oxygen atoms in total. The monoisotopic (exact) mass is 370 g/mol. The van der Waals surface area contributed by atoms with Crippen LogP contribution in [0, 0.1) is 0 Å². The van der Waals surface area contributed by atoms with Crippen LogP contribution in [0.3, 0.4) is 0 Å². The first kappa shape index (κ1) is 17.8. The van der Waals surface area contributed by atoms with Crippen LogP contribution in [0.4, 0.5) is 0 Å². The second kappa shape index (κ2) is 6.55. The van der Waals surface area contributed by atoms with E-state index in [0.717, 1.165) is 11.0 Å². The maximum absolute atomic E-state index is 11.5. The molecule has 1 aliphatic rings. The Morgan fingerprint density at radius 2 is 2.07 bits per heavy atom. The van der Waals surface area contributed by atoms with E-state index >= 15 is 0 Å². The molecule has 4 rings (SSSR count). The van der Waals surface area contributed by atoms with Gasteiger partial charge in [-0.2, -0.15) is 0 Å². The van der Waals surface area contributed by atoms with Crippen molar-refractivity contribution < 1.29 is 23.4 Å². The molecule has 3 unspecified atom stereocenters. The van der Waals surface area contributed by atoms with Crippen LogP contribution in [0.25, 0.3) is 21.9 Å². The summed E-state index contributed by atoms with van der Waals surface area (Å²) in [5.74, 6) is 0.546. The lowest BCUT2D eigenvalue weighted by atomic mass is 9.96. The second-order valence-electron chi connectivity index (χ2n) is 7.48. The van der Waals surface area contributed by atoms with Crippen LogP contribution in [0.2, 0.25) is 0 Å². The number of furan rings is 1. The van der Waals surface area contributed by atoms with Crippen LogP contribution >= 0.6 is 0 Å². The molecule has 0 spiro atoms. The molecule has 1 aromatic carbocycles. The molecule has 2 aromatic heterocycles. The highest BCUT2D eigenvalue weighted by Gasteiger charge is 2.43. The van der Waals surface area contributed by atoms with Gasteiger partial charge in [-0.1, -0.05) is 11.6 Å². The van der Waals surface area contributed by atoms with E-state index < -0.39 is 17.3 Å². The highest BCUT2D eigenvalue weighted by atomic mass is 16.6. The zero-order valence-electron chi connectivity index (χ0n) is 15.5. The highest BCUT2D eigenvalue weighted by molar-refractivity contribution is 6.01. The molecule has 0 radical (unpaired) electrons. The number of rotatable bonds is 4. The van der Waals surface area contributed by atoms with E-state index in [1.54, 1.807) is 31.4 Å². The molecule has 1 aliphatic heterocycles. The van der Waals surface area contributed by atoms with E-state index in [4.69, 9.17) is 18.3 Å². The molecule has 6 heteroatoms. The van der Waals surface area contributed by atoms with Crippen molar-refractivity contribution in [1.82, 2.24) is 0 Å². The fourth-order valence-electron chi connectivity index (χ4n) is 3.56. The summed E-state index contributed by atoms with van der Waals surface area (Å²) in [5, 5.41) is 12.2. The van der Waals surface area contributed by atoms with Crippen molar-refractivity contribution in [2.24, 2.45) is 0 Å². The van der Waals surface area contributed by atoms with Crippen molar-refractivity contribution in [2.45, 2.75) is 45.0 Å². The molecule has 1 N–H and O–H groups in total. The minimum atomic E-state index is -0.997. The second-order valence-corrected chi connectivity index (χ2v) is 7.48. The van der Waals surface area contributed by atoms with Crippen molar-refractivity contribution in [3.8, 4) is 5.75 Å². The van der Waals surface area contributed by atoms with E-state index in [1.807, 2.05) is 19.9 Å². The lowest BCUT2D eigenvalue weighted by Crippen LogP contribution is -2.38. The molecule has 27 heavy (non-hydrogen) atoms. The third-order valence-electron chi connectivity index (χ3n) is 4.85. The van der Waals surface area contributed by atoms with E-state index in [0.29, 0.717) is 28.7 Å². The SMILES string of the molecule is CC(C)=CC1CC(C)(O)C(COc2c3ccoc3cc3oc(=O)ccc23)O1. The third kappa shape index (κ3) is 3.38. The van der Waals surface area contributed by atoms with Crippen LogP contribution in [-0.4, -0.2) is 29.5 Å². The van der Waals surface area contributed by atoms with Gasteiger partial charge in [0.1, 0.15) is 29.6 Å². The number of aliphatic hydroxyl groups is 1. The average molecular weight is 370 g/mol. The molecule has 3 heterocycles. The van der Waals surface area contributed by atoms with Crippen molar-refractivity contribution in [2.75, 3.05) is 6.61 Å². The summed E-state index contributed by atoms with van der Waals surface area (Å²) >= 11 is 0. The average Bonchev–Trinajstić information content (AvgIpc) is 3.14.